The molecule has 3 heterocycles. The highest BCUT2D eigenvalue weighted by Crippen LogP contribution is 2.30. The highest BCUT2D eigenvalue weighted by Gasteiger charge is 2.24. The molecule has 2 aliphatic rings. The van der Waals surface area contributed by atoms with E-state index in [1.165, 1.54) is 36.4 Å². The standard InChI is InChI=1S/C22H30FN5O/c23-18-1-3-19(4-2-18)25-22(29)9-14-28-12-7-17(8-13-28)21-15-20(26-27-21)16-5-10-24-11-6-16/h1-4,15-17,24H,5-14H2,(H,25,29)(H,26,27). The second-order valence-corrected chi connectivity index (χ2v) is 8.19. The Labute approximate surface area is 171 Å². The average molecular weight is 400 g/mol. The van der Waals surface area contributed by atoms with Crippen molar-refractivity contribution in [3.05, 3.63) is 47.5 Å². The number of hydrogen-bond acceptors (Lipinski definition) is 4. The topological polar surface area (TPSA) is 73.0 Å². The van der Waals surface area contributed by atoms with Gasteiger partial charge in [-0.1, -0.05) is 0 Å². The van der Waals surface area contributed by atoms with Gasteiger partial charge in [0.05, 0.1) is 5.69 Å². The number of nitrogens with zero attached hydrogens (tertiary/aromatic N) is 2. The smallest absolute Gasteiger partial charge is 0.225 e. The number of aromatic amines is 1. The monoisotopic (exact) mass is 399 g/mol. The molecule has 0 aliphatic carbocycles. The minimum Gasteiger partial charge on any atom is -0.326 e. The van der Waals surface area contributed by atoms with Gasteiger partial charge in [-0.15, -0.1) is 0 Å². The van der Waals surface area contributed by atoms with Gasteiger partial charge in [-0.2, -0.15) is 5.10 Å². The van der Waals surface area contributed by atoms with Gasteiger partial charge in [0, 0.05) is 36.2 Å². The molecular formula is C22H30FN5O. The molecule has 7 heteroatoms. The lowest BCUT2D eigenvalue weighted by Crippen LogP contribution is -2.35. The van der Waals surface area contributed by atoms with Gasteiger partial charge in [-0.25, -0.2) is 4.39 Å². The van der Waals surface area contributed by atoms with Crippen molar-refractivity contribution in [2.45, 2.75) is 43.9 Å². The predicted molar refractivity (Wildman–Crippen MR) is 111 cm³/mol. The van der Waals surface area contributed by atoms with Crippen LogP contribution in [0.2, 0.25) is 0 Å². The summed E-state index contributed by atoms with van der Waals surface area (Å²) in [4.78, 5) is 14.5. The van der Waals surface area contributed by atoms with Gasteiger partial charge in [0.25, 0.3) is 0 Å². The summed E-state index contributed by atoms with van der Waals surface area (Å²) < 4.78 is 12.9. The van der Waals surface area contributed by atoms with Crippen molar-refractivity contribution in [2.75, 3.05) is 38.0 Å². The predicted octanol–water partition coefficient (Wildman–Crippen LogP) is 3.22. The van der Waals surface area contributed by atoms with Gasteiger partial charge in [0.15, 0.2) is 0 Å². The van der Waals surface area contributed by atoms with E-state index in [0.29, 0.717) is 23.9 Å². The Balaban J connectivity index is 1.20. The lowest BCUT2D eigenvalue weighted by Gasteiger charge is -2.31. The van der Waals surface area contributed by atoms with E-state index in [1.54, 1.807) is 12.1 Å². The molecule has 0 spiro atoms. The molecule has 2 saturated heterocycles. The summed E-state index contributed by atoms with van der Waals surface area (Å²) in [6, 6.07) is 8.16. The van der Waals surface area contributed by atoms with Crippen molar-refractivity contribution in [3.8, 4) is 0 Å². The van der Waals surface area contributed by atoms with Crippen molar-refractivity contribution in [1.82, 2.24) is 20.4 Å². The second kappa shape index (κ2) is 9.50. The summed E-state index contributed by atoms with van der Waals surface area (Å²) in [7, 11) is 0. The highest BCUT2D eigenvalue weighted by atomic mass is 19.1. The zero-order valence-electron chi connectivity index (χ0n) is 16.8. The van der Waals surface area contributed by atoms with Crippen LogP contribution >= 0.6 is 0 Å². The molecule has 1 aromatic carbocycles. The maximum Gasteiger partial charge on any atom is 0.225 e. The molecular weight excluding hydrogens is 369 g/mol. The fourth-order valence-electron chi connectivity index (χ4n) is 4.37. The maximum atomic E-state index is 12.9. The van der Waals surface area contributed by atoms with Crippen LogP contribution < -0.4 is 10.6 Å². The lowest BCUT2D eigenvalue weighted by atomic mass is 9.90. The van der Waals surface area contributed by atoms with Crippen molar-refractivity contribution < 1.29 is 9.18 Å². The van der Waals surface area contributed by atoms with Crippen LogP contribution in [0.1, 0.15) is 55.3 Å². The fourth-order valence-corrected chi connectivity index (χ4v) is 4.37. The number of rotatable bonds is 6. The van der Waals surface area contributed by atoms with E-state index in [1.807, 2.05) is 0 Å². The largest absolute Gasteiger partial charge is 0.326 e. The Morgan fingerprint density at radius 1 is 1.10 bits per heavy atom. The van der Waals surface area contributed by atoms with Crippen LogP contribution in [0.5, 0.6) is 0 Å². The number of aromatic nitrogens is 2. The highest BCUT2D eigenvalue weighted by molar-refractivity contribution is 5.90. The van der Waals surface area contributed by atoms with E-state index >= 15 is 0 Å². The van der Waals surface area contributed by atoms with E-state index in [-0.39, 0.29) is 11.7 Å². The molecule has 0 saturated carbocycles. The Kier molecular flexibility index (Phi) is 6.56. The first kappa shape index (κ1) is 20.0. The molecule has 1 amide bonds. The van der Waals surface area contributed by atoms with Crippen LogP contribution in [0.25, 0.3) is 0 Å². The third kappa shape index (κ3) is 5.42. The van der Waals surface area contributed by atoms with Crippen molar-refractivity contribution in [1.29, 1.82) is 0 Å². The minimum absolute atomic E-state index is 0.0288. The number of benzene rings is 1. The molecule has 2 aromatic rings. The molecule has 2 aliphatic heterocycles. The van der Waals surface area contributed by atoms with Crippen LogP contribution in [0.15, 0.2) is 30.3 Å². The first-order valence-electron chi connectivity index (χ1n) is 10.7. The fraction of sp³-hybridized carbons (Fsp3) is 0.545. The number of halogens is 1. The van der Waals surface area contributed by atoms with E-state index in [9.17, 15) is 9.18 Å². The SMILES string of the molecule is O=C(CCN1CCC(c2cc(C3CCNCC3)n[nH]2)CC1)Nc1ccc(F)cc1. The van der Waals surface area contributed by atoms with Gasteiger partial charge in [0.1, 0.15) is 5.82 Å². The number of carbonyl (C=O) groups is 1. The van der Waals surface area contributed by atoms with Crippen LogP contribution in [0.4, 0.5) is 10.1 Å². The summed E-state index contributed by atoms with van der Waals surface area (Å²) in [6.07, 6.45) is 4.97. The number of H-pyrrole nitrogens is 1. The molecule has 0 radical (unpaired) electrons. The molecule has 1 aromatic heterocycles. The van der Waals surface area contributed by atoms with Crippen molar-refractivity contribution in [2.24, 2.45) is 0 Å². The zero-order valence-corrected chi connectivity index (χ0v) is 16.8. The number of amides is 1. The molecule has 2 fully saturated rings. The molecule has 156 valence electrons. The second-order valence-electron chi connectivity index (χ2n) is 8.19. The molecule has 29 heavy (non-hydrogen) atoms. The van der Waals surface area contributed by atoms with Crippen molar-refractivity contribution >= 4 is 11.6 Å². The van der Waals surface area contributed by atoms with Gasteiger partial charge in [-0.3, -0.25) is 9.89 Å². The van der Waals surface area contributed by atoms with Crippen LogP contribution in [-0.4, -0.2) is 53.7 Å². The summed E-state index contributed by atoms with van der Waals surface area (Å²) in [6.45, 7) is 4.91. The molecule has 0 unspecified atom stereocenters. The van der Waals surface area contributed by atoms with E-state index < -0.39 is 0 Å². The first-order valence-corrected chi connectivity index (χ1v) is 10.7. The normalized spacial score (nSPS) is 19.3. The van der Waals surface area contributed by atoms with Gasteiger partial charge in [0.2, 0.25) is 5.91 Å². The third-order valence-electron chi connectivity index (χ3n) is 6.19. The minimum atomic E-state index is -0.300. The number of hydrogen-bond donors (Lipinski definition) is 3. The van der Waals surface area contributed by atoms with E-state index in [2.05, 4.69) is 31.8 Å². The number of anilines is 1. The summed E-state index contributed by atoms with van der Waals surface area (Å²) >= 11 is 0. The molecule has 6 nitrogen and oxygen atoms in total. The number of piperidine rings is 2. The van der Waals surface area contributed by atoms with Gasteiger partial charge >= 0.3 is 0 Å². The zero-order chi connectivity index (χ0) is 20.1. The van der Waals surface area contributed by atoms with Gasteiger partial charge < -0.3 is 15.5 Å². The Morgan fingerprint density at radius 3 is 2.55 bits per heavy atom. The summed E-state index contributed by atoms with van der Waals surface area (Å²) in [5.41, 5.74) is 3.13. The Hall–Kier alpha value is -2.25. The van der Waals surface area contributed by atoms with Crippen LogP contribution in [0, 0.1) is 5.82 Å². The number of likely N-dealkylation sites (tertiary alicyclic amines) is 1. The number of carbonyl (C=O) groups excluding carboxylic acids is 1. The number of nitrogens with one attached hydrogen (secondary N) is 3. The van der Waals surface area contributed by atoms with E-state index in [0.717, 1.165) is 45.6 Å². The third-order valence-corrected chi connectivity index (χ3v) is 6.19. The Morgan fingerprint density at radius 2 is 1.83 bits per heavy atom. The van der Waals surface area contributed by atoms with Gasteiger partial charge in [-0.05, 0) is 82.2 Å². The molecule has 0 atom stereocenters. The summed E-state index contributed by atoms with van der Waals surface area (Å²) in [5.74, 6) is 0.785. The van der Waals surface area contributed by atoms with E-state index in [4.69, 9.17) is 0 Å². The first-order chi connectivity index (χ1) is 14.2. The average Bonchev–Trinajstić information content (AvgIpc) is 3.25. The maximum absolute atomic E-state index is 12.9. The van der Waals surface area contributed by atoms with Crippen molar-refractivity contribution in [3.63, 3.8) is 0 Å². The van der Waals surface area contributed by atoms with Crippen LogP contribution in [0.3, 0.4) is 0 Å². The molecule has 0 bridgehead atoms. The Bertz CT molecular complexity index is 792. The van der Waals surface area contributed by atoms with Crippen LogP contribution in [-0.2, 0) is 4.79 Å². The quantitative estimate of drug-likeness (QED) is 0.697. The summed E-state index contributed by atoms with van der Waals surface area (Å²) in [5, 5.41) is 14.1. The lowest BCUT2D eigenvalue weighted by molar-refractivity contribution is -0.116. The molecule has 3 N–H and O–H groups in total. The molecule has 4 rings (SSSR count).